The predicted octanol–water partition coefficient (Wildman–Crippen LogP) is 4.49. The summed E-state index contributed by atoms with van der Waals surface area (Å²) in [5.41, 5.74) is 1.56. The van der Waals surface area contributed by atoms with Crippen molar-refractivity contribution < 1.29 is 9.53 Å². The number of thioether (sulfide) groups is 1. The molecule has 0 aliphatic heterocycles. The van der Waals surface area contributed by atoms with E-state index in [1.165, 1.54) is 0 Å². The summed E-state index contributed by atoms with van der Waals surface area (Å²) in [5, 5.41) is 12.3. The number of ether oxygens (including phenoxy) is 1. The summed E-state index contributed by atoms with van der Waals surface area (Å²) >= 11 is 1.62. The highest BCUT2D eigenvalue weighted by Crippen LogP contribution is 2.21. The minimum Gasteiger partial charge on any atom is -0.494 e. The Kier molecular flexibility index (Phi) is 7.69. The van der Waals surface area contributed by atoms with Gasteiger partial charge in [-0.25, -0.2) is 0 Å². The predicted molar refractivity (Wildman–Crippen MR) is 116 cm³/mol. The number of amides is 1. The van der Waals surface area contributed by atoms with Crippen molar-refractivity contribution in [2.45, 2.75) is 38.4 Å². The molecule has 1 aromatic heterocycles. The van der Waals surface area contributed by atoms with Crippen LogP contribution in [0.5, 0.6) is 5.75 Å². The molecule has 0 atom stereocenters. The van der Waals surface area contributed by atoms with Gasteiger partial charge >= 0.3 is 0 Å². The highest BCUT2D eigenvalue weighted by atomic mass is 32.2. The van der Waals surface area contributed by atoms with Crippen LogP contribution in [0.15, 0.2) is 59.8 Å². The van der Waals surface area contributed by atoms with E-state index >= 15 is 0 Å². The second kappa shape index (κ2) is 10.7. The second-order valence-corrected chi connectivity index (χ2v) is 7.64. The summed E-state index contributed by atoms with van der Waals surface area (Å²) in [6.45, 7) is 5.18. The number of nitrogens with zero attached hydrogens (tertiary/aromatic N) is 3. The number of carbonyl (C=O) groups excluding carboxylic acids is 1. The molecule has 29 heavy (non-hydrogen) atoms. The molecule has 1 N–H and O–H groups in total. The van der Waals surface area contributed by atoms with Crippen LogP contribution in [-0.4, -0.2) is 33.0 Å². The van der Waals surface area contributed by atoms with Gasteiger partial charge in [0.25, 0.3) is 5.91 Å². The van der Waals surface area contributed by atoms with Crippen LogP contribution in [-0.2, 0) is 6.54 Å². The molecule has 0 saturated heterocycles. The maximum Gasteiger partial charge on any atom is 0.251 e. The van der Waals surface area contributed by atoms with Crippen molar-refractivity contribution in [3.05, 3.63) is 66.0 Å². The zero-order chi connectivity index (χ0) is 20.5. The lowest BCUT2D eigenvalue weighted by Crippen LogP contribution is -2.24. The maximum atomic E-state index is 12.6. The topological polar surface area (TPSA) is 69.0 Å². The molecule has 0 saturated carbocycles. The number of nitrogens with one attached hydrogen (secondary N) is 1. The first-order chi connectivity index (χ1) is 14.2. The molecule has 0 radical (unpaired) electrons. The lowest BCUT2D eigenvalue weighted by atomic mass is 10.2. The quantitative estimate of drug-likeness (QED) is 0.394. The van der Waals surface area contributed by atoms with Crippen LogP contribution >= 0.6 is 11.8 Å². The van der Waals surface area contributed by atoms with Crippen LogP contribution in [0.25, 0.3) is 5.69 Å². The van der Waals surface area contributed by atoms with Crippen molar-refractivity contribution >= 4 is 17.7 Å². The fraction of sp³-hybridized carbons (Fsp3) is 0.318. The first-order valence-electron chi connectivity index (χ1n) is 9.86. The molecular formula is C22H26N4O2S. The summed E-state index contributed by atoms with van der Waals surface area (Å²) in [6.07, 6.45) is 2.11. The van der Waals surface area contributed by atoms with Crippen molar-refractivity contribution in [1.82, 2.24) is 20.1 Å². The Bertz CT molecular complexity index is 910. The van der Waals surface area contributed by atoms with Gasteiger partial charge in [0.15, 0.2) is 11.0 Å². The van der Waals surface area contributed by atoms with Crippen molar-refractivity contribution in [3.8, 4) is 11.4 Å². The van der Waals surface area contributed by atoms with E-state index in [-0.39, 0.29) is 5.91 Å². The third-order valence-corrected chi connectivity index (χ3v) is 5.09. The van der Waals surface area contributed by atoms with Gasteiger partial charge in [-0.05, 0) is 48.6 Å². The van der Waals surface area contributed by atoms with E-state index in [1.807, 2.05) is 47.0 Å². The molecule has 0 bridgehead atoms. The van der Waals surface area contributed by atoms with Crippen LogP contribution in [0.1, 0.15) is 42.9 Å². The Morgan fingerprint density at radius 2 is 1.83 bits per heavy atom. The van der Waals surface area contributed by atoms with Gasteiger partial charge in [-0.15, -0.1) is 10.2 Å². The Hall–Kier alpha value is -2.80. The maximum absolute atomic E-state index is 12.6. The molecule has 6 nitrogen and oxygen atoms in total. The van der Waals surface area contributed by atoms with Gasteiger partial charge in [0, 0.05) is 11.3 Å². The van der Waals surface area contributed by atoms with E-state index in [9.17, 15) is 4.79 Å². The van der Waals surface area contributed by atoms with Gasteiger partial charge in [0.1, 0.15) is 5.75 Å². The number of carbonyl (C=O) groups is 1. The van der Waals surface area contributed by atoms with E-state index < -0.39 is 0 Å². The van der Waals surface area contributed by atoms with E-state index in [2.05, 4.69) is 29.4 Å². The van der Waals surface area contributed by atoms with Crippen LogP contribution in [0.3, 0.4) is 0 Å². The smallest absolute Gasteiger partial charge is 0.251 e. The van der Waals surface area contributed by atoms with Crippen LogP contribution in [0, 0.1) is 0 Å². The zero-order valence-corrected chi connectivity index (χ0v) is 17.6. The van der Waals surface area contributed by atoms with Gasteiger partial charge in [-0.1, -0.05) is 50.2 Å². The number of rotatable bonds is 10. The van der Waals surface area contributed by atoms with Gasteiger partial charge in [-0.2, -0.15) is 0 Å². The van der Waals surface area contributed by atoms with Gasteiger partial charge in [0.2, 0.25) is 0 Å². The number of para-hydroxylation sites is 1. The summed E-state index contributed by atoms with van der Waals surface area (Å²) in [7, 11) is 0. The minimum atomic E-state index is -0.155. The summed E-state index contributed by atoms with van der Waals surface area (Å²) < 4.78 is 7.63. The molecule has 7 heteroatoms. The van der Waals surface area contributed by atoms with Gasteiger partial charge < -0.3 is 10.1 Å². The largest absolute Gasteiger partial charge is 0.494 e. The Labute approximate surface area is 175 Å². The van der Waals surface area contributed by atoms with Gasteiger partial charge in [0.05, 0.1) is 13.2 Å². The molecule has 1 amide bonds. The summed E-state index contributed by atoms with van der Waals surface area (Å²) in [5.74, 6) is 2.21. The normalized spacial score (nSPS) is 10.7. The lowest BCUT2D eigenvalue weighted by Gasteiger charge is -2.11. The monoisotopic (exact) mass is 410 g/mol. The van der Waals surface area contributed by atoms with Crippen molar-refractivity contribution in [3.63, 3.8) is 0 Å². The van der Waals surface area contributed by atoms with E-state index in [4.69, 9.17) is 4.74 Å². The third-order valence-electron chi connectivity index (χ3n) is 4.28. The van der Waals surface area contributed by atoms with E-state index in [1.54, 1.807) is 23.9 Å². The highest BCUT2D eigenvalue weighted by molar-refractivity contribution is 7.99. The molecular weight excluding hydrogens is 384 g/mol. The standard InChI is InChI=1S/C22H26N4O2S/c1-3-5-15-28-19-13-11-17(12-14-19)21(27)23-16-20-24-25-22(29-4-2)26(20)18-9-7-6-8-10-18/h6-14H,3-5,15-16H2,1-2H3,(H,23,27). The molecule has 152 valence electrons. The average molecular weight is 411 g/mol. The van der Waals surface area contributed by atoms with Crippen molar-refractivity contribution in [2.75, 3.05) is 12.4 Å². The van der Waals surface area contributed by atoms with Crippen LogP contribution < -0.4 is 10.1 Å². The number of unbranched alkanes of at least 4 members (excludes halogenated alkanes) is 1. The number of hydrogen-bond donors (Lipinski definition) is 1. The third kappa shape index (κ3) is 5.60. The fourth-order valence-electron chi connectivity index (χ4n) is 2.77. The number of aromatic nitrogens is 3. The Morgan fingerprint density at radius 1 is 1.07 bits per heavy atom. The lowest BCUT2D eigenvalue weighted by molar-refractivity contribution is 0.0949. The van der Waals surface area contributed by atoms with E-state index in [0.29, 0.717) is 24.5 Å². The molecule has 3 rings (SSSR count). The van der Waals surface area contributed by atoms with E-state index in [0.717, 1.165) is 35.2 Å². The molecule has 3 aromatic rings. The van der Waals surface area contributed by atoms with Crippen molar-refractivity contribution in [1.29, 1.82) is 0 Å². The van der Waals surface area contributed by atoms with Crippen LogP contribution in [0.4, 0.5) is 0 Å². The molecule has 0 fully saturated rings. The van der Waals surface area contributed by atoms with Gasteiger partial charge in [-0.3, -0.25) is 9.36 Å². The molecule has 0 aliphatic rings. The minimum absolute atomic E-state index is 0.155. The highest BCUT2D eigenvalue weighted by Gasteiger charge is 2.15. The summed E-state index contributed by atoms with van der Waals surface area (Å²) in [4.78, 5) is 12.6. The number of hydrogen-bond acceptors (Lipinski definition) is 5. The Morgan fingerprint density at radius 3 is 2.52 bits per heavy atom. The molecule has 0 spiro atoms. The molecule has 1 heterocycles. The molecule has 0 unspecified atom stereocenters. The fourth-order valence-corrected chi connectivity index (χ4v) is 3.47. The average Bonchev–Trinajstić information content (AvgIpc) is 3.16. The van der Waals surface area contributed by atoms with Crippen LogP contribution in [0.2, 0.25) is 0 Å². The molecule has 2 aromatic carbocycles. The molecule has 0 aliphatic carbocycles. The summed E-state index contributed by atoms with van der Waals surface area (Å²) in [6, 6.07) is 17.1. The SMILES string of the molecule is CCCCOc1ccc(C(=O)NCc2nnc(SCC)n2-c2ccccc2)cc1. The number of benzene rings is 2. The Balaban J connectivity index is 1.67. The first kappa shape index (κ1) is 20.9. The van der Waals surface area contributed by atoms with Crippen molar-refractivity contribution in [2.24, 2.45) is 0 Å². The zero-order valence-electron chi connectivity index (χ0n) is 16.8. The first-order valence-corrected chi connectivity index (χ1v) is 10.8. The second-order valence-electron chi connectivity index (χ2n) is 6.41.